The van der Waals surface area contributed by atoms with Crippen LogP contribution in [0.4, 0.5) is 55.5 Å². The molecule has 2 aromatic heterocycles. The number of hydrogen-bond donors (Lipinski definition) is 2. The molecule has 0 radical (unpaired) electrons. The van der Waals surface area contributed by atoms with Crippen LogP contribution in [-0.2, 0) is 41.6 Å². The van der Waals surface area contributed by atoms with Crippen molar-refractivity contribution < 1.29 is 70.3 Å². The second-order valence-corrected chi connectivity index (χ2v) is 16.9. The minimum atomic E-state index is -4.69. The van der Waals surface area contributed by atoms with Crippen molar-refractivity contribution in [2.45, 2.75) is 59.3 Å². The predicted octanol–water partition coefficient (Wildman–Crippen LogP) is 7.14. The minimum absolute atomic E-state index is 0.323. The summed E-state index contributed by atoms with van der Waals surface area (Å²) < 4.78 is 175. The highest BCUT2D eigenvalue weighted by atomic mass is 32.2. The van der Waals surface area contributed by atoms with E-state index in [1.54, 1.807) is 0 Å². The van der Waals surface area contributed by atoms with E-state index in [2.05, 4.69) is 15.3 Å². The minimum Gasteiger partial charge on any atom is -0.309 e. The highest BCUT2D eigenvalue weighted by Crippen LogP contribution is 2.33. The van der Waals surface area contributed by atoms with E-state index in [4.69, 9.17) is 0 Å². The molecule has 10 nitrogen and oxygen atoms in total. The van der Waals surface area contributed by atoms with Crippen LogP contribution in [0.2, 0.25) is 0 Å². The average Bonchev–Trinajstić information content (AvgIpc) is 3.04. The molecule has 0 aliphatic rings. The van der Waals surface area contributed by atoms with Crippen molar-refractivity contribution >= 4 is 43.1 Å². The topological polar surface area (TPSA) is 152 Å². The maximum absolute atomic E-state index is 13.9. The molecule has 0 unspecified atom stereocenters. The molecule has 0 fully saturated rings. The standard InChI is InChI=1S/2C16H13F5N2O3S/c1-15(2,27(25,26)12-5-4-10(17)7-11(12)18)14(24)23-13-6-3-9(8-22-13)16(19,20)21;1-15(2,27(25,26)12-4-3-10(17)8-11(12)18)14(24)23-13-7-9(5-6-22-13)16(19,20)21/h2*3-8H,1-2H3,(H,22,23,24). The predicted molar refractivity (Wildman–Crippen MR) is 171 cm³/mol. The van der Waals surface area contributed by atoms with Crippen molar-refractivity contribution in [3.05, 3.63) is 107 Å². The van der Waals surface area contributed by atoms with Gasteiger partial charge in [-0.25, -0.2) is 44.4 Å². The fourth-order valence-corrected chi connectivity index (χ4v) is 6.84. The van der Waals surface area contributed by atoms with Crippen LogP contribution in [0.25, 0.3) is 0 Å². The van der Waals surface area contributed by atoms with Crippen LogP contribution in [0.1, 0.15) is 38.8 Å². The summed E-state index contributed by atoms with van der Waals surface area (Å²) in [6, 6.07) is 6.19. The first-order valence-electron chi connectivity index (χ1n) is 14.6. The van der Waals surface area contributed by atoms with E-state index < -0.39 is 103 Å². The van der Waals surface area contributed by atoms with E-state index in [0.29, 0.717) is 54.7 Å². The van der Waals surface area contributed by atoms with Crippen LogP contribution in [0.5, 0.6) is 0 Å². The van der Waals surface area contributed by atoms with E-state index in [0.717, 1.165) is 46.0 Å². The van der Waals surface area contributed by atoms with Gasteiger partial charge in [0.25, 0.3) is 0 Å². The van der Waals surface area contributed by atoms with Crippen molar-refractivity contribution in [3.63, 3.8) is 0 Å². The number of aromatic nitrogens is 2. The normalized spacial score (nSPS) is 12.7. The lowest BCUT2D eigenvalue weighted by Gasteiger charge is -2.24. The SMILES string of the molecule is CC(C)(C(=O)Nc1cc(C(F)(F)F)ccn1)S(=O)(=O)c1ccc(F)cc1F.CC(C)(C(=O)Nc1ccc(C(F)(F)F)cn1)S(=O)(=O)c1ccc(F)cc1F. The maximum Gasteiger partial charge on any atom is 0.417 e. The Morgan fingerprint density at radius 3 is 1.35 bits per heavy atom. The van der Waals surface area contributed by atoms with Gasteiger partial charge in [0.15, 0.2) is 19.7 Å². The summed E-state index contributed by atoms with van der Waals surface area (Å²) in [6.45, 7) is 3.83. The Hall–Kier alpha value is -5.12. The first-order chi connectivity index (χ1) is 24.5. The number of rotatable bonds is 8. The van der Waals surface area contributed by atoms with Crippen LogP contribution in [-0.4, -0.2) is 48.1 Å². The number of hydrogen-bond acceptors (Lipinski definition) is 8. The number of nitrogens with zero attached hydrogens (tertiary/aromatic N) is 2. The number of sulfone groups is 2. The summed E-state index contributed by atoms with van der Waals surface area (Å²) in [4.78, 5) is 29.9. The third-order valence-electron chi connectivity index (χ3n) is 7.47. The van der Waals surface area contributed by atoms with Crippen LogP contribution >= 0.6 is 0 Å². The molecule has 2 amide bonds. The van der Waals surface area contributed by atoms with E-state index in [9.17, 15) is 70.3 Å². The van der Waals surface area contributed by atoms with Gasteiger partial charge in [-0.1, -0.05) is 0 Å². The number of carbonyl (C=O) groups is 2. The molecule has 0 atom stereocenters. The number of halogens is 10. The van der Waals surface area contributed by atoms with Gasteiger partial charge in [0.05, 0.1) is 11.1 Å². The Morgan fingerprint density at radius 2 is 0.981 bits per heavy atom. The highest BCUT2D eigenvalue weighted by Gasteiger charge is 2.46. The van der Waals surface area contributed by atoms with Crippen molar-refractivity contribution in [1.29, 1.82) is 0 Å². The number of nitrogens with one attached hydrogen (secondary N) is 2. The molecule has 0 aliphatic carbocycles. The monoisotopic (exact) mass is 816 g/mol. The van der Waals surface area contributed by atoms with E-state index in [1.807, 2.05) is 5.32 Å². The molecule has 292 valence electrons. The number of benzene rings is 2. The first kappa shape index (κ1) is 43.3. The Morgan fingerprint density at radius 1 is 0.556 bits per heavy atom. The van der Waals surface area contributed by atoms with Crippen LogP contribution < -0.4 is 10.6 Å². The van der Waals surface area contributed by atoms with Gasteiger partial charge in [-0.15, -0.1) is 0 Å². The second-order valence-electron chi connectivity index (χ2n) is 11.9. The summed E-state index contributed by atoms with van der Waals surface area (Å²) in [5.41, 5.74) is -2.15. The number of pyridine rings is 2. The lowest BCUT2D eigenvalue weighted by molar-refractivity contribution is -0.138. The Labute approximate surface area is 300 Å². The molecular formula is C32H26F10N4O6S2. The van der Waals surface area contributed by atoms with Crippen LogP contribution in [0, 0.1) is 23.3 Å². The van der Waals surface area contributed by atoms with Gasteiger partial charge < -0.3 is 10.6 Å². The molecule has 0 saturated carbocycles. The smallest absolute Gasteiger partial charge is 0.309 e. The zero-order valence-electron chi connectivity index (χ0n) is 27.9. The molecule has 2 aromatic carbocycles. The van der Waals surface area contributed by atoms with Crippen molar-refractivity contribution in [1.82, 2.24) is 9.97 Å². The van der Waals surface area contributed by atoms with Gasteiger partial charge in [-0.2, -0.15) is 26.3 Å². The van der Waals surface area contributed by atoms with E-state index in [-0.39, 0.29) is 5.82 Å². The second kappa shape index (κ2) is 15.3. The molecule has 0 spiro atoms. The lowest BCUT2D eigenvalue weighted by Crippen LogP contribution is -2.45. The quantitative estimate of drug-likeness (QED) is 0.141. The fraction of sp³-hybridized carbons (Fsp3) is 0.250. The third-order valence-corrected chi connectivity index (χ3v) is 12.3. The lowest BCUT2D eigenvalue weighted by atomic mass is 10.2. The summed E-state index contributed by atoms with van der Waals surface area (Å²) in [6.07, 6.45) is -8.06. The fourth-order valence-electron chi connectivity index (χ4n) is 4.02. The molecule has 0 aliphatic heterocycles. The highest BCUT2D eigenvalue weighted by molar-refractivity contribution is 7.94. The van der Waals surface area contributed by atoms with E-state index in [1.165, 1.54) is 0 Å². The zero-order valence-corrected chi connectivity index (χ0v) is 29.5. The van der Waals surface area contributed by atoms with Gasteiger partial charge in [0.2, 0.25) is 11.8 Å². The Kier molecular flexibility index (Phi) is 12.3. The third kappa shape index (κ3) is 9.32. The van der Waals surface area contributed by atoms with Gasteiger partial charge in [0, 0.05) is 24.5 Å². The van der Waals surface area contributed by atoms with Crippen molar-refractivity contribution in [2.75, 3.05) is 10.6 Å². The van der Waals surface area contributed by atoms with E-state index >= 15 is 0 Å². The molecule has 4 aromatic rings. The molecule has 54 heavy (non-hydrogen) atoms. The van der Waals surface area contributed by atoms with Gasteiger partial charge in [-0.3, -0.25) is 9.59 Å². The summed E-state index contributed by atoms with van der Waals surface area (Å²) in [5, 5.41) is 4.05. The molecule has 4 rings (SSSR count). The molecule has 2 heterocycles. The first-order valence-corrected chi connectivity index (χ1v) is 17.6. The molecular weight excluding hydrogens is 790 g/mol. The molecule has 0 saturated heterocycles. The summed E-state index contributed by atoms with van der Waals surface area (Å²) in [5.74, 6) is -8.02. The molecule has 0 bridgehead atoms. The number of alkyl halides is 6. The van der Waals surface area contributed by atoms with Crippen LogP contribution in [0.15, 0.2) is 82.8 Å². The van der Waals surface area contributed by atoms with Gasteiger partial charge in [-0.05, 0) is 76.2 Å². The zero-order chi connectivity index (χ0) is 41.2. The Balaban J connectivity index is 0.000000290. The van der Waals surface area contributed by atoms with Gasteiger partial charge in [0.1, 0.15) is 54.2 Å². The maximum atomic E-state index is 13.9. The van der Waals surface area contributed by atoms with Gasteiger partial charge >= 0.3 is 12.4 Å². The van der Waals surface area contributed by atoms with Crippen LogP contribution in [0.3, 0.4) is 0 Å². The summed E-state index contributed by atoms with van der Waals surface area (Å²) >= 11 is 0. The molecule has 2 N–H and O–H groups in total. The average molecular weight is 817 g/mol. The molecule has 22 heteroatoms. The number of amides is 2. The van der Waals surface area contributed by atoms with Crippen molar-refractivity contribution in [2.24, 2.45) is 0 Å². The summed E-state index contributed by atoms with van der Waals surface area (Å²) in [7, 11) is -9.25. The largest absolute Gasteiger partial charge is 0.417 e. The number of anilines is 2. The van der Waals surface area contributed by atoms with Crippen molar-refractivity contribution in [3.8, 4) is 0 Å². The number of carbonyl (C=O) groups excluding carboxylic acids is 2. The Bertz CT molecular complexity index is 2280.